The molecule has 18 heavy (non-hydrogen) atoms. The second-order valence-corrected chi connectivity index (χ2v) is 6.50. The van der Waals surface area contributed by atoms with E-state index in [0.717, 1.165) is 12.0 Å². The van der Waals surface area contributed by atoms with Gasteiger partial charge in [-0.3, -0.25) is 0 Å². The molecule has 0 saturated carbocycles. The Morgan fingerprint density at radius 2 is 1.94 bits per heavy atom. The topological polar surface area (TPSA) is 37.4 Å². The van der Waals surface area contributed by atoms with Gasteiger partial charge in [0.2, 0.25) is 10.0 Å². The van der Waals surface area contributed by atoms with Gasteiger partial charge >= 0.3 is 0 Å². The minimum Gasteiger partial charge on any atom is -0.207 e. The summed E-state index contributed by atoms with van der Waals surface area (Å²) in [6, 6.07) is 4.67. The van der Waals surface area contributed by atoms with Crippen LogP contribution in [0.5, 0.6) is 0 Å². The van der Waals surface area contributed by atoms with Gasteiger partial charge in [0, 0.05) is 24.0 Å². The van der Waals surface area contributed by atoms with E-state index in [1.54, 1.807) is 12.1 Å². The van der Waals surface area contributed by atoms with E-state index in [0.29, 0.717) is 18.1 Å². The molecule has 0 aliphatic carbocycles. The van der Waals surface area contributed by atoms with E-state index < -0.39 is 10.0 Å². The Balaban J connectivity index is 3.15. The molecule has 0 aromatic heterocycles. The molecule has 0 aliphatic heterocycles. The molecule has 0 bridgehead atoms. The lowest BCUT2D eigenvalue weighted by atomic mass is 10.2. The molecule has 0 atom stereocenters. The molecule has 0 spiro atoms. The fraction of sp³-hybridized carbons (Fsp3) is 0.500. The Hall–Kier alpha value is -0.290. The highest BCUT2D eigenvalue weighted by Gasteiger charge is 2.22. The zero-order valence-corrected chi connectivity index (χ0v) is 12.8. The summed E-state index contributed by atoms with van der Waals surface area (Å²) in [4.78, 5) is 0.219. The van der Waals surface area contributed by atoms with Crippen LogP contribution in [0.2, 0.25) is 5.02 Å². The van der Waals surface area contributed by atoms with Crippen LogP contribution in [-0.4, -0.2) is 25.8 Å². The number of nitrogens with zero attached hydrogens (tertiary/aromatic N) is 1. The van der Waals surface area contributed by atoms with E-state index >= 15 is 0 Å². The van der Waals surface area contributed by atoms with Gasteiger partial charge in [-0.2, -0.15) is 4.31 Å². The molecule has 0 fully saturated rings. The summed E-state index contributed by atoms with van der Waals surface area (Å²) in [5, 5.41) is 0.388. The number of rotatable bonds is 6. The lowest BCUT2D eigenvalue weighted by Crippen LogP contribution is -2.31. The first-order valence-electron chi connectivity index (χ1n) is 5.81. The van der Waals surface area contributed by atoms with Crippen molar-refractivity contribution in [2.24, 2.45) is 0 Å². The third-order valence-electron chi connectivity index (χ3n) is 2.63. The number of halogens is 2. The van der Waals surface area contributed by atoms with Crippen LogP contribution in [0.4, 0.5) is 0 Å². The van der Waals surface area contributed by atoms with E-state index in [1.165, 1.54) is 10.4 Å². The summed E-state index contributed by atoms with van der Waals surface area (Å²) >= 11 is 11.7. The van der Waals surface area contributed by atoms with Crippen LogP contribution >= 0.6 is 23.2 Å². The molecule has 0 saturated heterocycles. The van der Waals surface area contributed by atoms with Crippen molar-refractivity contribution < 1.29 is 8.42 Å². The van der Waals surface area contributed by atoms with Crippen LogP contribution in [0, 0.1) is 0 Å². The van der Waals surface area contributed by atoms with Crippen LogP contribution < -0.4 is 0 Å². The van der Waals surface area contributed by atoms with E-state index in [4.69, 9.17) is 23.2 Å². The van der Waals surface area contributed by atoms with E-state index in [2.05, 4.69) is 0 Å². The standard InChI is InChI=1S/C12H17Cl2NO2S/c1-3-7-15(4-2)18(16,17)11-6-5-10(9-13)12(14)8-11/h5-6,8H,3-4,7,9H2,1-2H3. The maximum Gasteiger partial charge on any atom is 0.243 e. The second-order valence-electron chi connectivity index (χ2n) is 3.88. The molecule has 0 N–H and O–H groups in total. The molecule has 1 aromatic rings. The SMILES string of the molecule is CCCN(CC)S(=O)(=O)c1ccc(CCl)c(Cl)c1. The van der Waals surface area contributed by atoms with Gasteiger partial charge in [0.15, 0.2) is 0 Å². The van der Waals surface area contributed by atoms with E-state index in [9.17, 15) is 8.42 Å². The highest BCUT2D eigenvalue weighted by molar-refractivity contribution is 7.89. The number of benzene rings is 1. The fourth-order valence-corrected chi connectivity index (χ4v) is 3.82. The highest BCUT2D eigenvalue weighted by atomic mass is 35.5. The van der Waals surface area contributed by atoms with Gasteiger partial charge in [0.05, 0.1) is 4.90 Å². The Labute approximate surface area is 119 Å². The van der Waals surface area contributed by atoms with Crippen molar-refractivity contribution in [2.75, 3.05) is 13.1 Å². The Morgan fingerprint density at radius 1 is 1.28 bits per heavy atom. The summed E-state index contributed by atoms with van der Waals surface area (Å²) in [5.41, 5.74) is 0.732. The van der Waals surface area contributed by atoms with Crippen LogP contribution in [0.3, 0.4) is 0 Å². The third-order valence-corrected chi connectivity index (χ3v) is 5.24. The lowest BCUT2D eigenvalue weighted by molar-refractivity contribution is 0.427. The summed E-state index contributed by atoms with van der Waals surface area (Å²) in [6.07, 6.45) is 0.778. The maximum atomic E-state index is 12.3. The molecule has 6 heteroatoms. The van der Waals surface area contributed by atoms with Crippen molar-refractivity contribution in [2.45, 2.75) is 31.0 Å². The summed E-state index contributed by atoms with van der Waals surface area (Å²) in [5.74, 6) is 0.269. The molecular weight excluding hydrogens is 293 g/mol. The van der Waals surface area contributed by atoms with Gasteiger partial charge in [-0.1, -0.05) is 31.5 Å². The fourth-order valence-electron chi connectivity index (χ4n) is 1.64. The molecule has 0 amide bonds. The molecular formula is C12H17Cl2NO2S. The predicted octanol–water partition coefficient (Wildman–Crippen LogP) is 3.50. The molecule has 0 unspecified atom stereocenters. The van der Waals surface area contributed by atoms with Crippen molar-refractivity contribution in [3.05, 3.63) is 28.8 Å². The largest absolute Gasteiger partial charge is 0.243 e. The van der Waals surface area contributed by atoms with Gasteiger partial charge in [-0.25, -0.2) is 8.42 Å². The van der Waals surface area contributed by atoms with Crippen LogP contribution in [0.1, 0.15) is 25.8 Å². The average Bonchev–Trinajstić information content (AvgIpc) is 2.35. The smallest absolute Gasteiger partial charge is 0.207 e. The molecule has 0 aliphatic rings. The first-order valence-corrected chi connectivity index (χ1v) is 8.17. The van der Waals surface area contributed by atoms with Crippen molar-refractivity contribution in [3.63, 3.8) is 0 Å². The van der Waals surface area contributed by atoms with Crippen molar-refractivity contribution in [1.82, 2.24) is 4.31 Å². The number of hydrogen-bond donors (Lipinski definition) is 0. The molecule has 102 valence electrons. The number of hydrogen-bond acceptors (Lipinski definition) is 2. The first-order chi connectivity index (χ1) is 8.47. The zero-order valence-electron chi connectivity index (χ0n) is 10.5. The van der Waals surface area contributed by atoms with Crippen molar-refractivity contribution in [3.8, 4) is 0 Å². The molecule has 1 rings (SSSR count). The van der Waals surface area contributed by atoms with Gasteiger partial charge in [-0.15, -0.1) is 11.6 Å². The summed E-state index contributed by atoms with van der Waals surface area (Å²) in [6.45, 7) is 4.72. The van der Waals surface area contributed by atoms with Gasteiger partial charge < -0.3 is 0 Å². The molecule has 3 nitrogen and oxygen atoms in total. The predicted molar refractivity (Wildman–Crippen MR) is 75.7 cm³/mol. The normalized spacial score (nSPS) is 12.1. The average molecular weight is 310 g/mol. The minimum absolute atomic E-state index is 0.219. The van der Waals surface area contributed by atoms with E-state index in [1.807, 2.05) is 13.8 Å². The minimum atomic E-state index is -3.45. The van der Waals surface area contributed by atoms with Gasteiger partial charge in [0.25, 0.3) is 0 Å². The maximum absolute atomic E-state index is 12.3. The number of alkyl halides is 1. The van der Waals surface area contributed by atoms with Crippen LogP contribution in [-0.2, 0) is 15.9 Å². The van der Waals surface area contributed by atoms with Gasteiger partial charge in [0.1, 0.15) is 0 Å². The molecule has 0 heterocycles. The second kappa shape index (κ2) is 6.75. The monoisotopic (exact) mass is 309 g/mol. The third kappa shape index (κ3) is 3.38. The van der Waals surface area contributed by atoms with E-state index in [-0.39, 0.29) is 10.8 Å². The Morgan fingerprint density at radius 3 is 2.39 bits per heavy atom. The lowest BCUT2D eigenvalue weighted by Gasteiger charge is -2.20. The Bertz CT molecular complexity index is 503. The summed E-state index contributed by atoms with van der Waals surface area (Å²) < 4.78 is 26.1. The molecule has 0 radical (unpaired) electrons. The highest BCUT2D eigenvalue weighted by Crippen LogP contribution is 2.24. The quantitative estimate of drug-likeness (QED) is 0.754. The van der Waals surface area contributed by atoms with Crippen LogP contribution in [0.15, 0.2) is 23.1 Å². The molecule has 1 aromatic carbocycles. The summed E-state index contributed by atoms with van der Waals surface area (Å²) in [7, 11) is -3.45. The van der Waals surface area contributed by atoms with Crippen molar-refractivity contribution in [1.29, 1.82) is 0 Å². The Kier molecular flexibility index (Phi) is 5.92. The van der Waals surface area contributed by atoms with Crippen LogP contribution in [0.25, 0.3) is 0 Å². The van der Waals surface area contributed by atoms with Gasteiger partial charge in [-0.05, 0) is 24.1 Å². The zero-order chi connectivity index (χ0) is 13.8. The van der Waals surface area contributed by atoms with Crippen molar-refractivity contribution >= 4 is 33.2 Å². The number of sulfonamides is 1. The first kappa shape index (κ1) is 15.8.